The van der Waals surface area contributed by atoms with Crippen LogP contribution in [-0.4, -0.2) is 17.2 Å². The maximum atomic E-state index is 5.11. The van der Waals surface area contributed by atoms with E-state index >= 15 is 0 Å². The summed E-state index contributed by atoms with van der Waals surface area (Å²) in [4.78, 5) is 4.44. The molecule has 2 heterocycles. The molecule has 1 N–H and O–H groups in total. The third kappa shape index (κ3) is 1.70. The van der Waals surface area contributed by atoms with Gasteiger partial charge >= 0.3 is 0 Å². The van der Waals surface area contributed by atoms with Gasteiger partial charge < -0.3 is 9.84 Å². The maximum absolute atomic E-state index is 5.11. The first-order chi connectivity index (χ1) is 7.22. The Kier molecular flexibility index (Phi) is 2.41. The van der Waals surface area contributed by atoms with Crippen molar-refractivity contribution in [3.05, 3.63) is 29.7 Å². The molecule has 4 heteroatoms. The van der Waals surface area contributed by atoms with Crippen molar-refractivity contribution in [3.63, 3.8) is 0 Å². The van der Waals surface area contributed by atoms with Crippen LogP contribution >= 0.6 is 0 Å². The van der Waals surface area contributed by atoms with Gasteiger partial charge in [-0.05, 0) is 26.0 Å². The molecule has 0 fully saturated rings. The number of aryl methyl sites for hydroxylation is 2. The molecule has 2 rings (SSSR count). The third-order valence-corrected chi connectivity index (χ3v) is 2.29. The van der Waals surface area contributed by atoms with E-state index in [1.54, 1.807) is 0 Å². The third-order valence-electron chi connectivity index (χ3n) is 2.29. The lowest BCUT2D eigenvalue weighted by Crippen LogP contribution is -1.94. The quantitative estimate of drug-likeness (QED) is 0.814. The van der Waals surface area contributed by atoms with Crippen LogP contribution in [0.1, 0.15) is 11.5 Å². The fraction of sp³-hybridized carbons (Fsp3) is 0.273. The molecule has 0 radical (unpaired) electrons. The molecule has 78 valence electrons. The smallest absolute Gasteiger partial charge is 0.143 e. The van der Waals surface area contributed by atoms with E-state index in [9.17, 15) is 0 Å². The molecule has 15 heavy (non-hydrogen) atoms. The number of anilines is 1. The highest BCUT2D eigenvalue weighted by Crippen LogP contribution is 2.25. The van der Waals surface area contributed by atoms with Gasteiger partial charge in [-0.25, -0.2) is 4.98 Å². The molecule has 4 nitrogen and oxygen atoms in total. The normalized spacial score (nSPS) is 10.3. The van der Waals surface area contributed by atoms with Gasteiger partial charge in [-0.1, -0.05) is 11.2 Å². The number of hydrogen-bond donors (Lipinski definition) is 1. The summed E-state index contributed by atoms with van der Waals surface area (Å²) in [5.41, 5.74) is 2.73. The highest BCUT2D eigenvalue weighted by atomic mass is 16.5. The zero-order chi connectivity index (χ0) is 10.8. The first kappa shape index (κ1) is 9.71. The number of hydrogen-bond acceptors (Lipinski definition) is 4. The van der Waals surface area contributed by atoms with Gasteiger partial charge in [-0.3, -0.25) is 0 Å². The lowest BCUT2D eigenvalue weighted by atomic mass is 10.1. The second kappa shape index (κ2) is 3.73. The lowest BCUT2D eigenvalue weighted by molar-refractivity contribution is 0.393. The number of rotatable bonds is 2. The van der Waals surface area contributed by atoms with Crippen molar-refractivity contribution >= 4 is 5.82 Å². The second-order valence-electron chi connectivity index (χ2n) is 3.36. The fourth-order valence-corrected chi connectivity index (χ4v) is 1.56. The van der Waals surface area contributed by atoms with Crippen molar-refractivity contribution in [1.82, 2.24) is 10.1 Å². The van der Waals surface area contributed by atoms with Gasteiger partial charge in [0.15, 0.2) is 0 Å². The predicted molar refractivity (Wildman–Crippen MR) is 58.8 cm³/mol. The summed E-state index contributed by atoms with van der Waals surface area (Å²) < 4.78 is 5.11. The first-order valence-electron chi connectivity index (χ1n) is 4.80. The van der Waals surface area contributed by atoms with E-state index in [1.807, 2.05) is 39.1 Å². The minimum absolute atomic E-state index is 0.799. The van der Waals surface area contributed by atoms with E-state index in [-0.39, 0.29) is 0 Å². The summed E-state index contributed by atoms with van der Waals surface area (Å²) in [6, 6.07) is 5.83. The summed E-state index contributed by atoms with van der Waals surface area (Å²) in [7, 11) is 1.85. The molecule has 0 spiro atoms. The van der Waals surface area contributed by atoms with E-state index in [0.717, 1.165) is 28.5 Å². The SMILES string of the molecule is CNc1cccc(-c2c(C)noc2C)n1. The van der Waals surface area contributed by atoms with Crippen LogP contribution in [0.25, 0.3) is 11.3 Å². The van der Waals surface area contributed by atoms with Crippen LogP contribution in [0.15, 0.2) is 22.7 Å². The van der Waals surface area contributed by atoms with E-state index in [0.29, 0.717) is 0 Å². The molecule has 2 aromatic heterocycles. The topological polar surface area (TPSA) is 51.0 Å². The van der Waals surface area contributed by atoms with E-state index < -0.39 is 0 Å². The van der Waals surface area contributed by atoms with Gasteiger partial charge in [0.1, 0.15) is 11.6 Å². The van der Waals surface area contributed by atoms with Crippen molar-refractivity contribution < 1.29 is 4.52 Å². The molecule has 0 atom stereocenters. The molecule has 0 aliphatic rings. The molecule has 0 aliphatic heterocycles. The zero-order valence-corrected chi connectivity index (χ0v) is 9.03. The molecule has 0 amide bonds. The Bertz CT molecular complexity index is 457. The Morgan fingerprint density at radius 2 is 2.07 bits per heavy atom. The highest BCUT2D eigenvalue weighted by molar-refractivity contribution is 5.65. The standard InChI is InChI=1S/C11H13N3O/c1-7-11(8(2)15-14-7)9-5-4-6-10(12-3)13-9/h4-6H,1-3H3,(H,12,13). The van der Waals surface area contributed by atoms with Crippen molar-refractivity contribution in [2.45, 2.75) is 13.8 Å². The predicted octanol–water partition coefficient (Wildman–Crippen LogP) is 2.40. The molecule has 0 saturated heterocycles. The van der Waals surface area contributed by atoms with Gasteiger partial charge in [-0.15, -0.1) is 0 Å². The van der Waals surface area contributed by atoms with Gasteiger partial charge in [0.25, 0.3) is 0 Å². The van der Waals surface area contributed by atoms with Gasteiger partial charge in [-0.2, -0.15) is 0 Å². The molecule has 2 aromatic rings. The van der Waals surface area contributed by atoms with Gasteiger partial charge in [0.05, 0.1) is 17.0 Å². The van der Waals surface area contributed by atoms with Crippen LogP contribution in [0.4, 0.5) is 5.82 Å². The van der Waals surface area contributed by atoms with Gasteiger partial charge in [0.2, 0.25) is 0 Å². The molecule has 0 aromatic carbocycles. The van der Waals surface area contributed by atoms with Crippen molar-refractivity contribution in [3.8, 4) is 11.3 Å². The lowest BCUT2D eigenvalue weighted by Gasteiger charge is -2.02. The summed E-state index contributed by atoms with van der Waals surface area (Å²) in [5, 5.41) is 6.92. The number of pyridine rings is 1. The zero-order valence-electron chi connectivity index (χ0n) is 9.03. The van der Waals surface area contributed by atoms with E-state index in [2.05, 4.69) is 15.5 Å². The fourth-order valence-electron chi connectivity index (χ4n) is 1.56. The monoisotopic (exact) mass is 203 g/mol. The largest absolute Gasteiger partial charge is 0.373 e. The van der Waals surface area contributed by atoms with Crippen LogP contribution < -0.4 is 5.32 Å². The van der Waals surface area contributed by atoms with Crippen LogP contribution in [0.3, 0.4) is 0 Å². The van der Waals surface area contributed by atoms with Crippen molar-refractivity contribution in [1.29, 1.82) is 0 Å². The van der Waals surface area contributed by atoms with Crippen molar-refractivity contribution in [2.75, 3.05) is 12.4 Å². The Labute approximate surface area is 88.3 Å². The number of aromatic nitrogens is 2. The molecular weight excluding hydrogens is 190 g/mol. The Hall–Kier alpha value is -1.84. The number of nitrogens with zero attached hydrogens (tertiary/aromatic N) is 2. The van der Waals surface area contributed by atoms with E-state index in [4.69, 9.17) is 4.52 Å². The van der Waals surface area contributed by atoms with Crippen molar-refractivity contribution in [2.24, 2.45) is 0 Å². The first-order valence-corrected chi connectivity index (χ1v) is 4.80. The van der Waals surface area contributed by atoms with Crippen LogP contribution in [0.2, 0.25) is 0 Å². The molecule has 0 unspecified atom stereocenters. The minimum atomic E-state index is 0.799. The summed E-state index contributed by atoms with van der Waals surface area (Å²) in [6.07, 6.45) is 0. The Morgan fingerprint density at radius 1 is 1.27 bits per heavy atom. The van der Waals surface area contributed by atoms with Crippen LogP contribution in [0.5, 0.6) is 0 Å². The van der Waals surface area contributed by atoms with E-state index in [1.165, 1.54) is 0 Å². The summed E-state index contributed by atoms with van der Waals surface area (Å²) in [6.45, 7) is 3.81. The number of nitrogens with one attached hydrogen (secondary N) is 1. The average molecular weight is 203 g/mol. The van der Waals surface area contributed by atoms with Crippen LogP contribution in [0, 0.1) is 13.8 Å². The Balaban J connectivity index is 2.53. The maximum Gasteiger partial charge on any atom is 0.143 e. The molecular formula is C11H13N3O. The minimum Gasteiger partial charge on any atom is -0.373 e. The van der Waals surface area contributed by atoms with Crippen LogP contribution in [-0.2, 0) is 0 Å². The average Bonchev–Trinajstić information content (AvgIpc) is 2.59. The second-order valence-corrected chi connectivity index (χ2v) is 3.36. The molecule has 0 aliphatic carbocycles. The molecule has 0 saturated carbocycles. The highest BCUT2D eigenvalue weighted by Gasteiger charge is 2.12. The summed E-state index contributed by atoms with van der Waals surface area (Å²) >= 11 is 0. The van der Waals surface area contributed by atoms with Gasteiger partial charge in [0, 0.05) is 7.05 Å². The molecule has 0 bridgehead atoms. The Morgan fingerprint density at radius 3 is 2.67 bits per heavy atom. The summed E-state index contributed by atoms with van der Waals surface area (Å²) in [5.74, 6) is 1.64.